The first-order chi connectivity index (χ1) is 16.6. The summed E-state index contributed by atoms with van der Waals surface area (Å²) in [5.41, 5.74) is 0.344. The summed E-state index contributed by atoms with van der Waals surface area (Å²) < 4.78 is 6.26. The first-order valence-corrected chi connectivity index (χ1v) is 13.6. The van der Waals surface area contributed by atoms with Crippen molar-refractivity contribution in [2.45, 2.75) is 47.8 Å². The molecule has 2 aromatic heterocycles. The number of rotatable bonds is 7. The lowest BCUT2D eigenvalue weighted by Crippen LogP contribution is -2.58. The van der Waals surface area contributed by atoms with Crippen molar-refractivity contribution in [2.24, 2.45) is 5.92 Å². The summed E-state index contributed by atoms with van der Waals surface area (Å²) in [7, 11) is 0. The van der Waals surface area contributed by atoms with Gasteiger partial charge in [-0.15, -0.1) is 11.8 Å². The minimum absolute atomic E-state index is 0.0917. The van der Waals surface area contributed by atoms with Crippen LogP contribution in [-0.4, -0.2) is 28.5 Å². The highest BCUT2D eigenvalue weighted by molar-refractivity contribution is 8.01. The molecule has 1 aliphatic carbocycles. The first-order valence-electron chi connectivity index (χ1n) is 11.4. The van der Waals surface area contributed by atoms with Gasteiger partial charge >= 0.3 is 0 Å². The average Bonchev–Trinajstić information content (AvgIpc) is 3.56. The van der Waals surface area contributed by atoms with Crippen molar-refractivity contribution in [2.75, 3.05) is 6.61 Å². The maximum atomic E-state index is 13.5. The van der Waals surface area contributed by atoms with Crippen LogP contribution in [0.5, 0.6) is 5.75 Å². The fraction of sp³-hybridized carbons (Fsp3) is 0.346. The maximum absolute atomic E-state index is 13.5. The number of ether oxygens (including phenoxy) is 1. The van der Waals surface area contributed by atoms with E-state index in [1.54, 1.807) is 12.3 Å². The number of benzene rings is 1. The molecule has 1 N–H and O–H groups in total. The molecule has 1 aliphatic heterocycles. The second-order valence-electron chi connectivity index (χ2n) is 8.79. The molecule has 5 nitrogen and oxygen atoms in total. The zero-order valence-electron chi connectivity index (χ0n) is 18.5. The number of thioether (sulfide) groups is 1. The lowest BCUT2D eigenvalue weighted by molar-refractivity contribution is -0.133. The molecule has 2 atom stereocenters. The van der Waals surface area contributed by atoms with E-state index in [0.29, 0.717) is 33.9 Å². The van der Waals surface area contributed by atoms with E-state index < -0.39 is 10.8 Å². The highest BCUT2D eigenvalue weighted by Crippen LogP contribution is 2.43. The second-order valence-corrected chi connectivity index (χ2v) is 11.1. The van der Waals surface area contributed by atoms with E-state index in [2.05, 4.69) is 10.3 Å². The Morgan fingerprint density at radius 2 is 1.97 bits per heavy atom. The molecule has 3 heterocycles. The highest BCUT2D eigenvalue weighted by atomic mass is 35.5. The topological polar surface area (TPSA) is 68.3 Å². The summed E-state index contributed by atoms with van der Waals surface area (Å²) in [6.45, 7) is 0.616. The summed E-state index contributed by atoms with van der Waals surface area (Å²) in [4.78, 5) is 32.3. The third kappa shape index (κ3) is 4.61. The number of carbonyl (C=O) groups excluding carboxylic acids is 2. The largest absolute Gasteiger partial charge is 0.491 e. The maximum Gasteiger partial charge on any atom is 0.242 e. The summed E-state index contributed by atoms with van der Waals surface area (Å²) in [6, 6.07) is 12.9. The Hall–Kier alpha value is -2.35. The predicted octanol–water partition coefficient (Wildman–Crippen LogP) is 5.86. The predicted molar refractivity (Wildman–Crippen MR) is 136 cm³/mol. The van der Waals surface area contributed by atoms with Crippen molar-refractivity contribution in [1.29, 1.82) is 0 Å². The van der Waals surface area contributed by atoms with Gasteiger partial charge in [0.2, 0.25) is 5.91 Å². The molecule has 8 heteroatoms. The lowest BCUT2D eigenvalue weighted by Gasteiger charge is -2.39. The second kappa shape index (κ2) is 10.1. The molecule has 3 aromatic rings. The minimum Gasteiger partial charge on any atom is -0.491 e. The van der Waals surface area contributed by atoms with Crippen molar-refractivity contribution in [3.05, 3.63) is 75.7 Å². The van der Waals surface area contributed by atoms with Crippen molar-refractivity contribution in [3.63, 3.8) is 0 Å². The number of piperidine rings is 1. The number of ketones is 1. The van der Waals surface area contributed by atoms with E-state index in [9.17, 15) is 9.59 Å². The van der Waals surface area contributed by atoms with Gasteiger partial charge in [0.25, 0.3) is 0 Å². The normalized spacial score (nSPS) is 23.1. The van der Waals surface area contributed by atoms with E-state index in [-0.39, 0.29) is 18.1 Å². The number of Topliss-reactive ketones (excluding diaryl/α,β-unsaturated/α-hetero) is 1. The molecule has 1 aromatic carbocycles. The third-order valence-corrected chi connectivity index (χ3v) is 8.97. The van der Waals surface area contributed by atoms with Crippen LogP contribution in [0.3, 0.4) is 0 Å². The van der Waals surface area contributed by atoms with Crippen LogP contribution in [0.15, 0.2) is 64.3 Å². The van der Waals surface area contributed by atoms with Gasteiger partial charge in [-0.05, 0) is 65.4 Å². The number of thiophene rings is 1. The Morgan fingerprint density at radius 3 is 2.71 bits per heavy atom. The molecule has 2 unspecified atom stereocenters. The molecular formula is C26H25ClN2O3S2. The number of nitrogens with zero attached hydrogens (tertiary/aromatic N) is 1. The van der Waals surface area contributed by atoms with Gasteiger partial charge in [0.1, 0.15) is 22.2 Å². The quantitative estimate of drug-likeness (QED) is 0.401. The van der Waals surface area contributed by atoms with E-state index in [1.165, 1.54) is 48.8 Å². The highest BCUT2D eigenvalue weighted by Gasteiger charge is 2.50. The molecule has 1 amide bonds. The molecule has 176 valence electrons. The molecule has 0 bridgehead atoms. The molecule has 0 radical (unpaired) electrons. The monoisotopic (exact) mass is 512 g/mol. The van der Waals surface area contributed by atoms with Crippen molar-refractivity contribution in [3.8, 4) is 5.75 Å². The third-order valence-electron chi connectivity index (χ3n) is 6.53. The van der Waals surface area contributed by atoms with Gasteiger partial charge in [0, 0.05) is 17.5 Å². The number of aromatic nitrogens is 1. The van der Waals surface area contributed by atoms with E-state index in [4.69, 9.17) is 16.3 Å². The Kier molecular flexibility index (Phi) is 6.95. The standard InChI is InChI=1S/C26H25ClN2O3S2/c27-19-8-3-4-10-22(19)34-23-20(30)14-26(29-25(23)31,18-11-13-33-16-18)24-21(9-5-12-28-24)32-15-17-6-1-2-7-17/h3-5,8-13,16-17,23H,1-2,6-7,14-15H2,(H,29,31). The van der Waals surface area contributed by atoms with Gasteiger partial charge in [0.15, 0.2) is 5.78 Å². The van der Waals surface area contributed by atoms with E-state index in [1.807, 2.05) is 47.2 Å². The summed E-state index contributed by atoms with van der Waals surface area (Å²) in [5, 5.41) is 6.73. The van der Waals surface area contributed by atoms with Gasteiger partial charge in [0.05, 0.1) is 11.6 Å². The fourth-order valence-corrected chi connectivity index (χ4v) is 6.75. The average molecular weight is 513 g/mol. The number of halogens is 1. The van der Waals surface area contributed by atoms with Gasteiger partial charge < -0.3 is 10.1 Å². The Morgan fingerprint density at radius 1 is 1.15 bits per heavy atom. The van der Waals surface area contributed by atoms with Crippen molar-refractivity contribution < 1.29 is 14.3 Å². The van der Waals surface area contributed by atoms with Crippen LogP contribution in [0.25, 0.3) is 0 Å². The van der Waals surface area contributed by atoms with E-state index >= 15 is 0 Å². The number of hydrogen-bond acceptors (Lipinski definition) is 6. The van der Waals surface area contributed by atoms with Gasteiger partial charge in [-0.2, -0.15) is 11.3 Å². The Bertz CT molecular complexity index is 1160. The summed E-state index contributed by atoms with van der Waals surface area (Å²) in [5.74, 6) is 0.641. The van der Waals surface area contributed by atoms with Gasteiger partial charge in [-0.1, -0.05) is 36.6 Å². The molecule has 0 spiro atoms. The lowest BCUT2D eigenvalue weighted by atomic mass is 9.79. The number of hydrogen-bond donors (Lipinski definition) is 1. The Labute approximate surface area is 212 Å². The van der Waals surface area contributed by atoms with Crippen LogP contribution < -0.4 is 10.1 Å². The number of nitrogens with one attached hydrogen (secondary N) is 1. The Balaban J connectivity index is 1.47. The summed E-state index contributed by atoms with van der Waals surface area (Å²) >= 11 is 9.00. The number of pyridine rings is 1. The molecule has 5 rings (SSSR count). The van der Waals surface area contributed by atoms with Gasteiger partial charge in [-0.3, -0.25) is 14.6 Å². The SMILES string of the molecule is O=C1CC(c2ccsc2)(c2ncccc2OCC2CCCC2)NC(=O)C1Sc1ccccc1Cl. The molecular weight excluding hydrogens is 488 g/mol. The van der Waals surface area contributed by atoms with Crippen LogP contribution in [0, 0.1) is 5.92 Å². The fourth-order valence-electron chi connectivity index (χ4n) is 4.78. The van der Waals surface area contributed by atoms with Crippen LogP contribution in [0.4, 0.5) is 0 Å². The van der Waals surface area contributed by atoms with Crippen molar-refractivity contribution in [1.82, 2.24) is 10.3 Å². The number of amides is 1. The summed E-state index contributed by atoms with van der Waals surface area (Å²) in [6.07, 6.45) is 6.59. The van der Waals surface area contributed by atoms with Crippen LogP contribution >= 0.6 is 34.7 Å². The smallest absolute Gasteiger partial charge is 0.242 e. The van der Waals surface area contributed by atoms with Crippen LogP contribution in [0.1, 0.15) is 43.4 Å². The van der Waals surface area contributed by atoms with Gasteiger partial charge in [-0.25, -0.2) is 0 Å². The van der Waals surface area contributed by atoms with Crippen molar-refractivity contribution >= 4 is 46.4 Å². The molecule has 2 aliphatic rings. The zero-order valence-corrected chi connectivity index (χ0v) is 20.9. The molecule has 1 saturated heterocycles. The molecule has 34 heavy (non-hydrogen) atoms. The first kappa shape index (κ1) is 23.4. The van der Waals surface area contributed by atoms with E-state index in [0.717, 1.165) is 5.56 Å². The molecule has 2 fully saturated rings. The number of carbonyl (C=O) groups is 2. The van der Waals surface area contributed by atoms with Crippen LogP contribution in [-0.2, 0) is 15.1 Å². The molecule has 1 saturated carbocycles. The van der Waals surface area contributed by atoms with Crippen LogP contribution in [0.2, 0.25) is 5.02 Å². The minimum atomic E-state index is -1.07. The zero-order chi connectivity index (χ0) is 23.5.